The third-order valence-electron chi connectivity index (χ3n) is 1.85. The molecule has 1 rings (SSSR count). The quantitative estimate of drug-likeness (QED) is 0.337. The van der Waals surface area contributed by atoms with Crippen LogP contribution < -0.4 is 34.3 Å². The van der Waals surface area contributed by atoms with Crippen LogP contribution >= 0.6 is 0 Å². The van der Waals surface area contributed by atoms with Gasteiger partial charge in [0.05, 0.1) is 0 Å². The molecule has 3 heteroatoms. The first-order valence-corrected chi connectivity index (χ1v) is 3.68. The topological polar surface area (TPSA) is 26.3 Å². The molecule has 2 nitrogen and oxygen atoms in total. The minimum atomic E-state index is 0. The molecule has 0 aliphatic rings. The van der Waals surface area contributed by atoms with Gasteiger partial charge >= 0.3 is 29.6 Å². The molecule has 0 aliphatic carbocycles. The van der Waals surface area contributed by atoms with Crippen LogP contribution in [0.1, 0.15) is 16.7 Å². The molecule has 0 saturated heterocycles. The van der Waals surface area contributed by atoms with Gasteiger partial charge in [-0.2, -0.15) is 12.5 Å². The summed E-state index contributed by atoms with van der Waals surface area (Å²) in [6.07, 6.45) is 0. The van der Waals surface area contributed by atoms with Gasteiger partial charge in [-0.05, 0) is 0 Å². The molecule has 0 aromatic heterocycles. The Labute approximate surface area is 101 Å². The molecule has 1 aromatic carbocycles. The summed E-state index contributed by atoms with van der Waals surface area (Å²) in [7, 11) is 0. The molecule has 0 atom stereocenters. The molecule has 0 N–H and O–H groups in total. The van der Waals surface area contributed by atoms with Gasteiger partial charge in [0, 0.05) is 0 Å². The zero-order chi connectivity index (χ0) is 9.14. The van der Waals surface area contributed by atoms with Crippen molar-refractivity contribution >= 4 is 6.47 Å². The number of benzene rings is 1. The Balaban J connectivity index is 0.00000144. The number of rotatable bonds is 2. The van der Waals surface area contributed by atoms with Gasteiger partial charge in [-0.1, -0.05) is 26.0 Å². The molecule has 0 bridgehead atoms. The minimum Gasteiger partial charge on any atom is -0.431 e. The number of carbonyl (C=O) groups is 1. The Morgan fingerprint density at radius 2 is 1.77 bits per heavy atom. The van der Waals surface area contributed by atoms with Gasteiger partial charge in [0.2, 0.25) is 0 Å². The smallest absolute Gasteiger partial charge is 0.431 e. The van der Waals surface area contributed by atoms with Gasteiger partial charge in [0.25, 0.3) is 6.47 Å². The van der Waals surface area contributed by atoms with Crippen molar-refractivity contribution in [3.05, 3.63) is 35.7 Å². The van der Waals surface area contributed by atoms with Crippen molar-refractivity contribution in [3.8, 4) is 5.75 Å². The maximum absolute atomic E-state index is 10.0. The van der Waals surface area contributed by atoms with E-state index in [1.807, 2.05) is 13.8 Å². The van der Waals surface area contributed by atoms with Crippen molar-refractivity contribution in [2.75, 3.05) is 0 Å². The van der Waals surface area contributed by atoms with Gasteiger partial charge in [-0.15, -0.1) is 11.1 Å². The van der Waals surface area contributed by atoms with E-state index in [0.717, 1.165) is 16.7 Å². The van der Waals surface area contributed by atoms with Crippen molar-refractivity contribution in [2.24, 2.45) is 0 Å². The second kappa shape index (κ2) is 5.32. The molecule has 0 saturated carbocycles. The van der Waals surface area contributed by atoms with E-state index in [0.29, 0.717) is 12.2 Å². The van der Waals surface area contributed by atoms with E-state index in [2.05, 4.69) is 6.92 Å². The van der Waals surface area contributed by atoms with Crippen LogP contribution in [0.15, 0.2) is 12.1 Å². The molecule has 0 aliphatic heterocycles. The van der Waals surface area contributed by atoms with Crippen LogP contribution in [0.2, 0.25) is 0 Å². The van der Waals surface area contributed by atoms with Crippen molar-refractivity contribution in [1.29, 1.82) is 0 Å². The van der Waals surface area contributed by atoms with Gasteiger partial charge in [-0.3, -0.25) is 4.79 Å². The van der Waals surface area contributed by atoms with Crippen LogP contribution in [0.25, 0.3) is 0 Å². The Kier molecular flexibility index (Phi) is 5.14. The zero-order valence-electron chi connectivity index (χ0n) is 8.26. The fraction of sp³-hybridized carbons (Fsp3) is 0.200. The second-order valence-electron chi connectivity index (χ2n) is 2.75. The molecule has 0 amide bonds. The number of ether oxygens (including phenoxy) is 1. The van der Waals surface area contributed by atoms with E-state index in [4.69, 9.17) is 4.74 Å². The first kappa shape index (κ1) is 12.6. The Morgan fingerprint density at radius 1 is 1.31 bits per heavy atom. The molecule has 13 heavy (non-hydrogen) atoms. The summed E-state index contributed by atoms with van der Waals surface area (Å²) in [5.41, 5.74) is 3.06. The number of aryl methyl sites for hydroxylation is 2. The summed E-state index contributed by atoms with van der Waals surface area (Å²) < 4.78 is 4.71. The normalized spacial score (nSPS) is 8.77. The molecule has 0 spiro atoms. The molecule has 0 unspecified atom stereocenters. The summed E-state index contributed by atoms with van der Waals surface area (Å²) in [5, 5.41) is 0. The van der Waals surface area contributed by atoms with Crippen molar-refractivity contribution in [2.45, 2.75) is 13.8 Å². The van der Waals surface area contributed by atoms with Crippen LogP contribution in [0.4, 0.5) is 0 Å². The first-order chi connectivity index (χ1) is 5.65. The van der Waals surface area contributed by atoms with Crippen LogP contribution in [0.3, 0.4) is 0 Å². The molecule has 1 aromatic rings. The maximum Gasteiger partial charge on any atom is 1.00 e. The average Bonchev–Trinajstić information content (AvgIpc) is 2.01. The Bertz CT molecular complexity index is 285. The Morgan fingerprint density at radius 3 is 2.15 bits per heavy atom. The van der Waals surface area contributed by atoms with Crippen LogP contribution in [0.5, 0.6) is 5.75 Å². The third kappa shape index (κ3) is 3.07. The van der Waals surface area contributed by atoms with Crippen molar-refractivity contribution in [3.63, 3.8) is 0 Å². The van der Waals surface area contributed by atoms with E-state index in [-0.39, 0.29) is 29.6 Å². The van der Waals surface area contributed by atoms with E-state index < -0.39 is 0 Å². The summed E-state index contributed by atoms with van der Waals surface area (Å²) >= 11 is 0. The maximum atomic E-state index is 10.0. The van der Waals surface area contributed by atoms with Crippen molar-refractivity contribution < 1.29 is 39.1 Å². The summed E-state index contributed by atoms with van der Waals surface area (Å²) in [6, 6.07) is 3.59. The summed E-state index contributed by atoms with van der Waals surface area (Å²) in [5.74, 6) is 0.576. The standard InChI is InChI=1S/C10H11O2.Na/c1-7-4-10(12-6-11)5-8(2)9(7)3;/h4-6H,3H2,1-2H3;/q-1;+1. The average molecular weight is 186 g/mol. The third-order valence-corrected chi connectivity index (χ3v) is 1.85. The number of hydrogen-bond acceptors (Lipinski definition) is 2. The van der Waals surface area contributed by atoms with Gasteiger partial charge in [0.1, 0.15) is 5.75 Å². The van der Waals surface area contributed by atoms with Gasteiger partial charge < -0.3 is 4.74 Å². The number of carbonyl (C=O) groups excluding carboxylic acids is 1. The van der Waals surface area contributed by atoms with Crippen LogP contribution in [-0.2, 0) is 4.79 Å². The van der Waals surface area contributed by atoms with Gasteiger partial charge in [0.15, 0.2) is 0 Å². The van der Waals surface area contributed by atoms with Crippen LogP contribution in [0, 0.1) is 20.8 Å². The number of hydrogen-bond donors (Lipinski definition) is 0. The minimum absolute atomic E-state index is 0. The molecular weight excluding hydrogens is 175 g/mol. The Hall–Kier alpha value is -0.440. The monoisotopic (exact) mass is 186 g/mol. The van der Waals surface area contributed by atoms with Crippen LogP contribution in [-0.4, -0.2) is 6.47 Å². The molecule has 0 fully saturated rings. The van der Waals surface area contributed by atoms with E-state index >= 15 is 0 Å². The van der Waals surface area contributed by atoms with Crippen molar-refractivity contribution in [1.82, 2.24) is 0 Å². The predicted octanol–water partition coefficient (Wildman–Crippen LogP) is -0.975. The molecule has 0 radical (unpaired) electrons. The molecule has 0 heterocycles. The summed E-state index contributed by atoms with van der Waals surface area (Å²) in [4.78, 5) is 10.0. The summed E-state index contributed by atoms with van der Waals surface area (Å²) in [6.45, 7) is 8.18. The molecular formula is C10H11NaO2. The SMILES string of the molecule is [CH2-]c1c(C)cc(OC=O)cc1C.[Na+]. The second-order valence-corrected chi connectivity index (χ2v) is 2.75. The molecule has 64 valence electrons. The van der Waals surface area contributed by atoms with E-state index in [1.165, 1.54) is 0 Å². The predicted molar refractivity (Wildman–Crippen MR) is 47.1 cm³/mol. The fourth-order valence-electron chi connectivity index (χ4n) is 1.08. The van der Waals surface area contributed by atoms with E-state index in [9.17, 15) is 4.79 Å². The zero-order valence-corrected chi connectivity index (χ0v) is 10.3. The fourth-order valence-corrected chi connectivity index (χ4v) is 1.08. The van der Waals surface area contributed by atoms with Gasteiger partial charge in [-0.25, -0.2) is 0 Å². The largest absolute Gasteiger partial charge is 1.00 e. The first-order valence-electron chi connectivity index (χ1n) is 3.68. The van der Waals surface area contributed by atoms with E-state index in [1.54, 1.807) is 12.1 Å².